The highest BCUT2D eigenvalue weighted by atomic mass is 16.5. The molecule has 1 atom stereocenters. The largest absolute Gasteiger partial charge is 0.381 e. The third kappa shape index (κ3) is 3.32. The zero-order valence-corrected chi connectivity index (χ0v) is 9.30. The van der Waals surface area contributed by atoms with Crippen LogP contribution in [-0.2, 0) is 11.3 Å². The van der Waals surface area contributed by atoms with Crippen LogP contribution in [0.15, 0.2) is 18.7 Å². The minimum Gasteiger partial charge on any atom is -0.381 e. The Balaban J connectivity index is 1.66. The first-order chi connectivity index (χ1) is 7.34. The highest BCUT2D eigenvalue weighted by molar-refractivity contribution is 4.75. The highest BCUT2D eigenvalue weighted by Crippen LogP contribution is 2.12. The molecule has 1 unspecified atom stereocenters. The standard InChI is InChI=1S/C11H19N3O/c1-13(8-11-2-7-15-9-11)5-6-14-4-3-12-10-14/h3-4,10-11H,2,5-9H2,1H3. The first kappa shape index (κ1) is 10.6. The summed E-state index contributed by atoms with van der Waals surface area (Å²) in [7, 11) is 2.18. The summed E-state index contributed by atoms with van der Waals surface area (Å²) >= 11 is 0. The molecule has 1 fully saturated rings. The van der Waals surface area contributed by atoms with Crippen molar-refractivity contribution >= 4 is 0 Å². The van der Waals surface area contributed by atoms with E-state index < -0.39 is 0 Å². The van der Waals surface area contributed by atoms with Crippen LogP contribution in [0.5, 0.6) is 0 Å². The normalized spacial score (nSPS) is 21.3. The van der Waals surface area contributed by atoms with Crippen molar-refractivity contribution in [3.05, 3.63) is 18.7 Å². The fourth-order valence-electron chi connectivity index (χ4n) is 1.96. The Hall–Kier alpha value is -0.870. The maximum atomic E-state index is 5.37. The minimum atomic E-state index is 0.734. The highest BCUT2D eigenvalue weighted by Gasteiger charge is 2.16. The van der Waals surface area contributed by atoms with Crippen LogP contribution in [0, 0.1) is 5.92 Å². The molecular weight excluding hydrogens is 190 g/mol. The topological polar surface area (TPSA) is 30.3 Å². The van der Waals surface area contributed by atoms with Gasteiger partial charge in [0.05, 0.1) is 12.9 Å². The summed E-state index contributed by atoms with van der Waals surface area (Å²) < 4.78 is 7.48. The van der Waals surface area contributed by atoms with Crippen molar-refractivity contribution in [3.63, 3.8) is 0 Å². The van der Waals surface area contributed by atoms with Crippen LogP contribution in [0.3, 0.4) is 0 Å². The lowest BCUT2D eigenvalue weighted by Gasteiger charge is -2.19. The van der Waals surface area contributed by atoms with Crippen LogP contribution in [0.4, 0.5) is 0 Å². The van der Waals surface area contributed by atoms with E-state index in [0.29, 0.717) is 0 Å². The molecule has 0 N–H and O–H groups in total. The van der Waals surface area contributed by atoms with Gasteiger partial charge in [0.15, 0.2) is 0 Å². The summed E-state index contributed by atoms with van der Waals surface area (Å²) in [6.45, 7) is 5.13. The molecule has 4 heteroatoms. The van der Waals surface area contributed by atoms with E-state index in [9.17, 15) is 0 Å². The van der Waals surface area contributed by atoms with E-state index in [1.165, 1.54) is 6.42 Å². The van der Waals surface area contributed by atoms with Crippen LogP contribution in [0.25, 0.3) is 0 Å². The molecule has 1 aromatic heterocycles. The molecule has 0 aliphatic carbocycles. The number of aromatic nitrogens is 2. The Labute approximate surface area is 90.9 Å². The number of likely N-dealkylation sites (N-methyl/N-ethyl adjacent to an activating group) is 1. The van der Waals surface area contributed by atoms with Gasteiger partial charge in [0.1, 0.15) is 0 Å². The van der Waals surface area contributed by atoms with Gasteiger partial charge >= 0.3 is 0 Å². The van der Waals surface area contributed by atoms with Crippen LogP contribution < -0.4 is 0 Å². The molecule has 1 aliphatic rings. The van der Waals surface area contributed by atoms with Gasteiger partial charge in [-0.05, 0) is 19.4 Å². The third-order valence-corrected chi connectivity index (χ3v) is 2.89. The lowest BCUT2D eigenvalue weighted by molar-refractivity contribution is 0.173. The molecule has 0 radical (unpaired) electrons. The summed E-state index contributed by atoms with van der Waals surface area (Å²) in [6.07, 6.45) is 6.92. The number of nitrogens with zero attached hydrogens (tertiary/aromatic N) is 3. The SMILES string of the molecule is CN(CCn1ccnc1)CC1CCOC1. The average Bonchev–Trinajstić information content (AvgIpc) is 2.86. The minimum absolute atomic E-state index is 0.734. The van der Waals surface area contributed by atoms with Gasteiger partial charge in [0.2, 0.25) is 0 Å². The van der Waals surface area contributed by atoms with Crippen LogP contribution >= 0.6 is 0 Å². The smallest absolute Gasteiger partial charge is 0.0946 e. The van der Waals surface area contributed by atoms with E-state index in [1.807, 2.05) is 18.7 Å². The Kier molecular flexibility index (Phi) is 3.75. The maximum absolute atomic E-state index is 5.37. The van der Waals surface area contributed by atoms with E-state index in [0.717, 1.165) is 38.8 Å². The second-order valence-corrected chi connectivity index (χ2v) is 4.29. The van der Waals surface area contributed by atoms with Gasteiger partial charge in [-0.25, -0.2) is 4.98 Å². The average molecular weight is 209 g/mol. The van der Waals surface area contributed by atoms with Gasteiger partial charge in [0.25, 0.3) is 0 Å². The zero-order chi connectivity index (χ0) is 10.5. The molecule has 15 heavy (non-hydrogen) atoms. The van der Waals surface area contributed by atoms with E-state index >= 15 is 0 Å². The first-order valence-electron chi connectivity index (χ1n) is 5.56. The lowest BCUT2D eigenvalue weighted by atomic mass is 10.1. The fraction of sp³-hybridized carbons (Fsp3) is 0.727. The van der Waals surface area contributed by atoms with Crippen molar-refractivity contribution in [2.45, 2.75) is 13.0 Å². The van der Waals surface area contributed by atoms with E-state index in [-0.39, 0.29) is 0 Å². The predicted octanol–water partition coefficient (Wildman–Crippen LogP) is 0.851. The Bertz CT molecular complexity index is 267. The molecule has 1 saturated heterocycles. The number of imidazole rings is 1. The molecule has 0 bridgehead atoms. The third-order valence-electron chi connectivity index (χ3n) is 2.89. The summed E-state index contributed by atoms with van der Waals surface area (Å²) in [4.78, 5) is 6.40. The molecule has 1 aromatic rings. The molecule has 1 aliphatic heterocycles. The van der Waals surface area contributed by atoms with Crippen molar-refractivity contribution in [1.29, 1.82) is 0 Å². The van der Waals surface area contributed by atoms with E-state index in [2.05, 4.69) is 21.5 Å². The Morgan fingerprint density at radius 2 is 2.53 bits per heavy atom. The molecule has 2 rings (SSSR count). The van der Waals surface area contributed by atoms with Crippen LogP contribution in [0.2, 0.25) is 0 Å². The van der Waals surface area contributed by atoms with Gasteiger partial charge in [-0.2, -0.15) is 0 Å². The predicted molar refractivity (Wildman–Crippen MR) is 58.7 cm³/mol. The molecule has 0 amide bonds. The van der Waals surface area contributed by atoms with Gasteiger partial charge in [-0.15, -0.1) is 0 Å². The number of hydrogen-bond acceptors (Lipinski definition) is 3. The number of ether oxygens (including phenoxy) is 1. The second-order valence-electron chi connectivity index (χ2n) is 4.29. The molecule has 0 spiro atoms. The van der Waals surface area contributed by atoms with Crippen molar-refractivity contribution in [2.75, 3.05) is 33.4 Å². The van der Waals surface area contributed by atoms with Crippen molar-refractivity contribution < 1.29 is 4.74 Å². The van der Waals surface area contributed by atoms with Crippen molar-refractivity contribution in [2.24, 2.45) is 5.92 Å². The quantitative estimate of drug-likeness (QED) is 0.720. The van der Waals surface area contributed by atoms with Gasteiger partial charge in [-0.3, -0.25) is 0 Å². The molecule has 4 nitrogen and oxygen atoms in total. The second kappa shape index (κ2) is 5.28. The molecule has 84 valence electrons. The number of rotatable bonds is 5. The van der Waals surface area contributed by atoms with Gasteiger partial charge in [-0.1, -0.05) is 0 Å². The van der Waals surface area contributed by atoms with Crippen LogP contribution in [-0.4, -0.2) is 47.8 Å². The molecular formula is C11H19N3O. The first-order valence-corrected chi connectivity index (χ1v) is 5.56. The van der Waals surface area contributed by atoms with Gasteiger partial charge in [0, 0.05) is 38.6 Å². The van der Waals surface area contributed by atoms with E-state index in [1.54, 1.807) is 0 Å². The molecule has 2 heterocycles. The monoisotopic (exact) mass is 209 g/mol. The number of hydrogen-bond donors (Lipinski definition) is 0. The van der Waals surface area contributed by atoms with Crippen molar-refractivity contribution in [1.82, 2.24) is 14.5 Å². The van der Waals surface area contributed by atoms with Crippen LogP contribution in [0.1, 0.15) is 6.42 Å². The van der Waals surface area contributed by atoms with Crippen molar-refractivity contribution in [3.8, 4) is 0 Å². The summed E-state index contributed by atoms with van der Waals surface area (Å²) in [5.74, 6) is 0.734. The Morgan fingerprint density at radius 3 is 3.20 bits per heavy atom. The van der Waals surface area contributed by atoms with E-state index in [4.69, 9.17) is 4.74 Å². The summed E-state index contributed by atoms with van der Waals surface area (Å²) in [5, 5.41) is 0. The van der Waals surface area contributed by atoms with Gasteiger partial charge < -0.3 is 14.2 Å². The fourth-order valence-corrected chi connectivity index (χ4v) is 1.96. The Morgan fingerprint density at radius 1 is 1.60 bits per heavy atom. The lowest BCUT2D eigenvalue weighted by Crippen LogP contribution is -2.29. The summed E-state index contributed by atoms with van der Waals surface area (Å²) in [6, 6.07) is 0. The zero-order valence-electron chi connectivity index (χ0n) is 9.30. The summed E-state index contributed by atoms with van der Waals surface area (Å²) in [5.41, 5.74) is 0. The molecule has 0 aromatic carbocycles. The maximum Gasteiger partial charge on any atom is 0.0946 e. The molecule has 0 saturated carbocycles.